The summed E-state index contributed by atoms with van der Waals surface area (Å²) in [4.78, 5) is 22.5. The fourth-order valence-electron chi connectivity index (χ4n) is 3.82. The Labute approximate surface area is 194 Å². The number of benzene rings is 1. The van der Waals surface area contributed by atoms with Crippen molar-refractivity contribution in [1.82, 2.24) is 24.9 Å². The normalized spacial score (nSPS) is 11.8. The Bertz CT molecular complexity index is 1560. The summed E-state index contributed by atoms with van der Waals surface area (Å²) in [6.07, 6.45) is 3.31. The van der Waals surface area contributed by atoms with Gasteiger partial charge in [-0.05, 0) is 26.0 Å². The minimum atomic E-state index is -0.342. The zero-order valence-electron chi connectivity index (χ0n) is 18.0. The molecule has 0 aliphatic rings. The quantitative estimate of drug-likeness (QED) is 0.393. The molecule has 0 spiro atoms. The third-order valence-corrected chi connectivity index (χ3v) is 6.27. The summed E-state index contributed by atoms with van der Waals surface area (Å²) in [7, 11) is 0. The first-order valence-electron chi connectivity index (χ1n) is 10.4. The van der Waals surface area contributed by atoms with Crippen molar-refractivity contribution < 1.29 is 4.79 Å². The number of nitrogens with one attached hydrogen (secondary N) is 1. The maximum absolute atomic E-state index is 13.2. The van der Waals surface area contributed by atoms with Crippen LogP contribution in [0.3, 0.4) is 0 Å². The zero-order chi connectivity index (χ0) is 22.9. The van der Waals surface area contributed by atoms with Crippen molar-refractivity contribution in [2.24, 2.45) is 0 Å². The van der Waals surface area contributed by atoms with Crippen LogP contribution in [0, 0.1) is 11.8 Å². The van der Waals surface area contributed by atoms with Crippen molar-refractivity contribution in [3.8, 4) is 23.1 Å². The van der Waals surface area contributed by atoms with Crippen LogP contribution in [0.15, 0.2) is 60.2 Å². The van der Waals surface area contributed by atoms with Gasteiger partial charge in [0, 0.05) is 28.9 Å². The summed E-state index contributed by atoms with van der Waals surface area (Å²) in [6, 6.07) is 13.4. The number of carbonyl (C=O) groups excluding carboxylic acids is 1. The van der Waals surface area contributed by atoms with E-state index in [2.05, 4.69) is 33.3 Å². The molecule has 7 nitrogen and oxygen atoms in total. The molecule has 5 aromatic rings. The molecule has 1 amide bonds. The summed E-state index contributed by atoms with van der Waals surface area (Å²) >= 11 is 1.59. The molecule has 1 aromatic carbocycles. The Kier molecular flexibility index (Phi) is 5.24. The second-order valence-corrected chi connectivity index (χ2v) is 8.42. The van der Waals surface area contributed by atoms with E-state index in [0.29, 0.717) is 5.65 Å². The van der Waals surface area contributed by atoms with E-state index < -0.39 is 0 Å². The highest BCUT2D eigenvalue weighted by Crippen LogP contribution is 2.34. The van der Waals surface area contributed by atoms with E-state index in [1.165, 1.54) is 4.52 Å². The molecule has 3 N–H and O–H groups in total. The predicted octanol–water partition coefficient (Wildman–Crippen LogP) is 4.45. The summed E-state index contributed by atoms with van der Waals surface area (Å²) in [5.41, 5.74) is 11.2. The van der Waals surface area contributed by atoms with Crippen LogP contribution in [0.1, 0.15) is 41.4 Å². The molecule has 0 saturated carbocycles. The number of nitrogen functional groups attached to an aromatic ring is 1. The molecule has 0 radical (unpaired) electrons. The number of nitrogens with zero attached hydrogens (tertiary/aromatic N) is 4. The van der Waals surface area contributed by atoms with E-state index in [4.69, 9.17) is 10.7 Å². The maximum atomic E-state index is 13.2. The molecule has 0 aliphatic heterocycles. The van der Waals surface area contributed by atoms with E-state index in [-0.39, 0.29) is 23.3 Å². The van der Waals surface area contributed by atoms with Gasteiger partial charge < -0.3 is 11.1 Å². The Balaban J connectivity index is 1.58. The smallest absolute Gasteiger partial charge is 0.259 e. The van der Waals surface area contributed by atoms with Crippen LogP contribution in [-0.4, -0.2) is 25.5 Å². The maximum Gasteiger partial charge on any atom is 0.259 e. The van der Waals surface area contributed by atoms with E-state index in [0.717, 1.165) is 32.6 Å². The summed E-state index contributed by atoms with van der Waals surface area (Å²) in [5, 5.41) is 9.27. The van der Waals surface area contributed by atoms with Crippen LogP contribution in [0.4, 0.5) is 5.82 Å². The summed E-state index contributed by atoms with van der Waals surface area (Å²) < 4.78 is 2.51. The lowest BCUT2D eigenvalue weighted by Crippen LogP contribution is -2.28. The first-order chi connectivity index (χ1) is 16.1. The molecule has 33 heavy (non-hydrogen) atoms. The Hall–Kier alpha value is -4.22. The van der Waals surface area contributed by atoms with Crippen molar-refractivity contribution in [3.05, 3.63) is 76.9 Å². The molecular weight excluding hydrogens is 432 g/mol. The monoisotopic (exact) mass is 452 g/mol. The molecule has 0 saturated heterocycles. The predicted molar refractivity (Wildman–Crippen MR) is 131 cm³/mol. The van der Waals surface area contributed by atoms with Crippen molar-refractivity contribution in [2.45, 2.75) is 19.9 Å². The molecule has 0 aliphatic carbocycles. The number of amides is 1. The number of thiophene rings is 1. The van der Waals surface area contributed by atoms with Gasteiger partial charge in [0.2, 0.25) is 0 Å². The lowest BCUT2D eigenvalue weighted by molar-refractivity contribution is 0.0942. The van der Waals surface area contributed by atoms with Gasteiger partial charge in [0.15, 0.2) is 11.5 Å². The fraction of sp³-hybridized carbons (Fsp3) is 0.120. The van der Waals surface area contributed by atoms with Crippen LogP contribution in [-0.2, 0) is 0 Å². The molecule has 162 valence electrons. The Morgan fingerprint density at radius 3 is 2.85 bits per heavy atom. The highest BCUT2D eigenvalue weighted by Gasteiger charge is 2.23. The van der Waals surface area contributed by atoms with E-state index in [9.17, 15) is 4.79 Å². The van der Waals surface area contributed by atoms with E-state index in [1.54, 1.807) is 29.8 Å². The molecule has 4 heterocycles. The van der Waals surface area contributed by atoms with E-state index >= 15 is 0 Å². The van der Waals surface area contributed by atoms with Crippen molar-refractivity contribution in [2.75, 3.05) is 5.73 Å². The number of hydrogen-bond donors (Lipinski definition) is 2. The highest BCUT2D eigenvalue weighted by atomic mass is 32.1. The molecular formula is C25H20N6OS. The van der Waals surface area contributed by atoms with Gasteiger partial charge in [0.25, 0.3) is 5.91 Å². The number of aromatic nitrogens is 4. The van der Waals surface area contributed by atoms with Gasteiger partial charge in [-0.1, -0.05) is 36.3 Å². The van der Waals surface area contributed by atoms with E-state index in [1.807, 2.05) is 49.6 Å². The van der Waals surface area contributed by atoms with Crippen molar-refractivity contribution in [1.29, 1.82) is 0 Å². The van der Waals surface area contributed by atoms with Gasteiger partial charge in [0.1, 0.15) is 5.56 Å². The van der Waals surface area contributed by atoms with Gasteiger partial charge >= 0.3 is 0 Å². The topological polar surface area (TPSA) is 98.2 Å². The number of anilines is 1. The molecule has 5 rings (SSSR count). The average molecular weight is 453 g/mol. The standard InChI is InChI=1S/C25H20N6OS/c1-3-8-17-14-33-19-13-18(21(29-22(17)19)16-9-5-4-6-10-16)15(2)28-25(32)20-23(26)30-31-12-7-11-27-24(20)31/h4-7,9-15H,1-2H3,(H2,26,30)(H,28,32)/t15-/m0/s1. The van der Waals surface area contributed by atoms with Crippen LogP contribution >= 0.6 is 11.3 Å². The summed E-state index contributed by atoms with van der Waals surface area (Å²) in [6.45, 7) is 3.75. The Morgan fingerprint density at radius 1 is 1.24 bits per heavy atom. The van der Waals surface area contributed by atoms with Crippen LogP contribution in [0.5, 0.6) is 0 Å². The first kappa shape index (κ1) is 20.7. The number of hydrogen-bond acceptors (Lipinski definition) is 6. The molecule has 0 fully saturated rings. The van der Waals surface area contributed by atoms with Gasteiger partial charge in [-0.25, -0.2) is 14.5 Å². The number of rotatable bonds is 4. The molecule has 1 atom stereocenters. The lowest BCUT2D eigenvalue weighted by Gasteiger charge is -2.18. The zero-order valence-corrected chi connectivity index (χ0v) is 18.9. The van der Waals surface area contributed by atoms with Gasteiger partial charge in [-0.2, -0.15) is 0 Å². The van der Waals surface area contributed by atoms with Crippen LogP contribution in [0.25, 0.3) is 27.1 Å². The first-order valence-corrected chi connectivity index (χ1v) is 11.2. The molecule has 8 heteroatoms. The summed E-state index contributed by atoms with van der Waals surface area (Å²) in [5.74, 6) is 5.88. The second kappa shape index (κ2) is 8.37. The SMILES string of the molecule is CC#Cc1csc2cc([C@H](C)NC(=O)c3c(N)nn4cccnc34)c(-c3ccccc3)nc12. The fourth-order valence-corrected chi connectivity index (χ4v) is 4.70. The molecule has 4 aromatic heterocycles. The third-order valence-electron chi connectivity index (χ3n) is 5.35. The van der Waals surface area contributed by atoms with Crippen LogP contribution < -0.4 is 11.1 Å². The number of pyridine rings is 1. The average Bonchev–Trinajstić information content (AvgIpc) is 3.38. The second-order valence-electron chi connectivity index (χ2n) is 7.51. The van der Waals surface area contributed by atoms with Crippen molar-refractivity contribution in [3.63, 3.8) is 0 Å². The number of nitrogens with two attached hydrogens (primary N) is 1. The lowest BCUT2D eigenvalue weighted by atomic mass is 9.99. The van der Waals surface area contributed by atoms with Gasteiger partial charge in [-0.3, -0.25) is 4.79 Å². The third kappa shape index (κ3) is 3.69. The molecule has 0 bridgehead atoms. The highest BCUT2D eigenvalue weighted by molar-refractivity contribution is 7.17. The Morgan fingerprint density at radius 2 is 2.06 bits per heavy atom. The van der Waals surface area contributed by atoms with Crippen LogP contribution in [0.2, 0.25) is 0 Å². The number of carbonyl (C=O) groups is 1. The minimum Gasteiger partial charge on any atom is -0.381 e. The molecule has 0 unspecified atom stereocenters. The van der Waals surface area contributed by atoms with Gasteiger partial charge in [0.05, 0.1) is 27.5 Å². The van der Waals surface area contributed by atoms with Gasteiger partial charge in [-0.15, -0.1) is 22.4 Å². The number of fused-ring (bicyclic) bond motifs is 2. The largest absolute Gasteiger partial charge is 0.381 e. The minimum absolute atomic E-state index is 0.135. The van der Waals surface area contributed by atoms with Crippen molar-refractivity contribution >= 4 is 38.9 Å².